The van der Waals surface area contributed by atoms with Gasteiger partial charge in [0.25, 0.3) is 0 Å². The van der Waals surface area contributed by atoms with Gasteiger partial charge in [0.15, 0.2) is 11.5 Å². The van der Waals surface area contributed by atoms with Crippen LogP contribution in [-0.2, 0) is 6.42 Å². The molecule has 2 heterocycles. The lowest BCUT2D eigenvalue weighted by Gasteiger charge is -2.34. The van der Waals surface area contributed by atoms with E-state index in [4.69, 9.17) is 14.2 Å². The second-order valence-corrected chi connectivity index (χ2v) is 5.96. The van der Waals surface area contributed by atoms with Crippen LogP contribution in [0.2, 0.25) is 0 Å². The Kier molecular flexibility index (Phi) is 4.06. The van der Waals surface area contributed by atoms with Crippen LogP contribution >= 0.6 is 0 Å². The molecule has 0 aliphatic carbocycles. The highest BCUT2D eigenvalue weighted by molar-refractivity contribution is 5.98. The van der Waals surface area contributed by atoms with E-state index < -0.39 is 0 Å². The molecule has 0 saturated heterocycles. The monoisotopic (exact) mass is 336 g/mol. The maximum absolute atomic E-state index is 5.91. The Balaban J connectivity index is 1.70. The molecule has 4 rings (SSSR count). The van der Waals surface area contributed by atoms with Crippen LogP contribution in [0.25, 0.3) is 5.70 Å². The number of rotatable bonds is 3. The van der Waals surface area contributed by atoms with E-state index in [2.05, 4.69) is 16.0 Å². The molecule has 0 radical (unpaired) electrons. The minimum Gasteiger partial charge on any atom is -0.493 e. The molecule has 2 aliphatic heterocycles. The molecule has 2 aromatic carbocycles. The van der Waals surface area contributed by atoms with Crippen molar-refractivity contribution in [2.24, 2.45) is 4.99 Å². The molecular weight excluding hydrogens is 316 g/mol. The van der Waals surface area contributed by atoms with E-state index in [9.17, 15) is 0 Å². The number of benzene rings is 2. The molecule has 25 heavy (non-hydrogen) atoms. The SMILES string of the molecule is COc1cc2c(cc1OC)C1=CC(Oc3ccccc3)=NCN1CC2. The molecule has 128 valence electrons. The highest BCUT2D eigenvalue weighted by atomic mass is 16.5. The number of nitrogens with zero attached hydrogens (tertiary/aromatic N) is 2. The quantitative estimate of drug-likeness (QED) is 0.862. The van der Waals surface area contributed by atoms with Gasteiger partial charge in [-0.3, -0.25) is 0 Å². The lowest BCUT2D eigenvalue weighted by atomic mass is 9.95. The van der Waals surface area contributed by atoms with Crippen LogP contribution in [0.3, 0.4) is 0 Å². The van der Waals surface area contributed by atoms with E-state index in [1.165, 1.54) is 5.56 Å². The predicted octanol–water partition coefficient (Wildman–Crippen LogP) is 3.35. The third kappa shape index (κ3) is 2.93. The Morgan fingerprint density at radius 1 is 1.00 bits per heavy atom. The first kappa shape index (κ1) is 15.6. The van der Waals surface area contributed by atoms with Gasteiger partial charge in [0, 0.05) is 18.2 Å². The summed E-state index contributed by atoms with van der Waals surface area (Å²) in [6.07, 6.45) is 2.96. The van der Waals surface area contributed by atoms with Crippen molar-refractivity contribution < 1.29 is 14.2 Å². The summed E-state index contributed by atoms with van der Waals surface area (Å²) in [5.74, 6) is 2.91. The van der Waals surface area contributed by atoms with Crippen LogP contribution in [0.4, 0.5) is 0 Å². The summed E-state index contributed by atoms with van der Waals surface area (Å²) in [5, 5.41) is 0. The zero-order valence-corrected chi connectivity index (χ0v) is 14.4. The number of ether oxygens (including phenoxy) is 3. The van der Waals surface area contributed by atoms with Crippen molar-refractivity contribution >= 4 is 11.6 Å². The van der Waals surface area contributed by atoms with Gasteiger partial charge in [-0.2, -0.15) is 0 Å². The summed E-state index contributed by atoms with van der Waals surface area (Å²) in [7, 11) is 3.32. The predicted molar refractivity (Wildman–Crippen MR) is 97.3 cm³/mol. The van der Waals surface area contributed by atoms with Gasteiger partial charge in [-0.05, 0) is 36.2 Å². The van der Waals surface area contributed by atoms with Gasteiger partial charge in [0.05, 0.1) is 19.9 Å². The fraction of sp³-hybridized carbons (Fsp3) is 0.250. The van der Waals surface area contributed by atoms with E-state index in [-0.39, 0.29) is 0 Å². The maximum atomic E-state index is 5.91. The van der Waals surface area contributed by atoms with Crippen molar-refractivity contribution in [2.45, 2.75) is 6.42 Å². The lowest BCUT2D eigenvalue weighted by Crippen LogP contribution is -2.33. The largest absolute Gasteiger partial charge is 0.493 e. The number of aliphatic imine (C=N–C) groups is 1. The average molecular weight is 336 g/mol. The molecule has 5 nitrogen and oxygen atoms in total. The van der Waals surface area contributed by atoms with Crippen LogP contribution in [0.5, 0.6) is 17.2 Å². The minimum absolute atomic E-state index is 0.599. The molecule has 0 amide bonds. The maximum Gasteiger partial charge on any atom is 0.218 e. The summed E-state index contributed by atoms with van der Waals surface area (Å²) in [4.78, 5) is 6.80. The summed E-state index contributed by atoms with van der Waals surface area (Å²) in [6.45, 7) is 1.53. The van der Waals surface area contributed by atoms with Gasteiger partial charge in [0.2, 0.25) is 5.90 Å². The summed E-state index contributed by atoms with van der Waals surface area (Å²) >= 11 is 0. The summed E-state index contributed by atoms with van der Waals surface area (Å²) in [5.41, 5.74) is 3.51. The third-order valence-corrected chi connectivity index (χ3v) is 4.50. The van der Waals surface area contributed by atoms with Gasteiger partial charge in [0.1, 0.15) is 12.4 Å². The summed E-state index contributed by atoms with van der Waals surface area (Å²) in [6, 6.07) is 13.8. The van der Waals surface area contributed by atoms with Crippen LogP contribution in [0.15, 0.2) is 53.5 Å². The Labute approximate surface area is 147 Å². The topological polar surface area (TPSA) is 43.3 Å². The van der Waals surface area contributed by atoms with Crippen molar-refractivity contribution in [1.82, 2.24) is 4.90 Å². The van der Waals surface area contributed by atoms with Crippen LogP contribution in [-0.4, -0.2) is 38.2 Å². The number of hydrogen-bond donors (Lipinski definition) is 0. The number of hydrogen-bond acceptors (Lipinski definition) is 5. The molecule has 0 bridgehead atoms. The van der Waals surface area contributed by atoms with Gasteiger partial charge in [-0.1, -0.05) is 18.2 Å². The molecule has 0 aromatic heterocycles. The molecule has 0 saturated carbocycles. The molecule has 0 fully saturated rings. The van der Waals surface area contributed by atoms with Crippen molar-refractivity contribution in [3.05, 3.63) is 59.7 Å². The molecule has 0 N–H and O–H groups in total. The molecule has 0 spiro atoms. The zero-order chi connectivity index (χ0) is 17.2. The second-order valence-electron chi connectivity index (χ2n) is 5.96. The standard InChI is InChI=1S/C20H20N2O3/c1-23-18-10-14-8-9-22-13-21-20(25-15-6-4-3-5-7-15)12-17(22)16(14)11-19(18)24-2/h3-7,10-12H,8-9,13H2,1-2H3. The van der Waals surface area contributed by atoms with Gasteiger partial charge in [-0.25, -0.2) is 4.99 Å². The van der Waals surface area contributed by atoms with Crippen LogP contribution in [0, 0.1) is 0 Å². The van der Waals surface area contributed by atoms with Crippen LogP contribution < -0.4 is 14.2 Å². The first-order valence-corrected chi connectivity index (χ1v) is 8.28. The Morgan fingerprint density at radius 2 is 1.76 bits per heavy atom. The number of fused-ring (bicyclic) bond motifs is 3. The number of para-hydroxylation sites is 1. The van der Waals surface area contributed by atoms with E-state index in [0.717, 1.165) is 41.5 Å². The smallest absolute Gasteiger partial charge is 0.218 e. The Bertz CT molecular complexity index is 844. The van der Waals surface area contributed by atoms with Gasteiger partial charge >= 0.3 is 0 Å². The first-order valence-electron chi connectivity index (χ1n) is 8.28. The van der Waals surface area contributed by atoms with E-state index in [1.807, 2.05) is 42.5 Å². The first-order chi connectivity index (χ1) is 12.3. The fourth-order valence-electron chi connectivity index (χ4n) is 3.22. The lowest BCUT2D eigenvalue weighted by molar-refractivity contribution is 0.351. The van der Waals surface area contributed by atoms with Crippen molar-refractivity contribution in [2.75, 3.05) is 27.4 Å². The summed E-state index contributed by atoms with van der Waals surface area (Å²) < 4.78 is 16.8. The molecule has 0 atom stereocenters. The molecule has 2 aromatic rings. The average Bonchev–Trinajstić information content (AvgIpc) is 2.67. The third-order valence-electron chi connectivity index (χ3n) is 4.50. The molecule has 2 aliphatic rings. The zero-order valence-electron chi connectivity index (χ0n) is 14.4. The fourth-order valence-corrected chi connectivity index (χ4v) is 3.22. The normalized spacial score (nSPS) is 15.5. The molecule has 0 unspecified atom stereocenters. The van der Waals surface area contributed by atoms with E-state index in [1.54, 1.807) is 14.2 Å². The van der Waals surface area contributed by atoms with Crippen molar-refractivity contribution in [1.29, 1.82) is 0 Å². The van der Waals surface area contributed by atoms with Crippen molar-refractivity contribution in [3.63, 3.8) is 0 Å². The molecular formula is C20H20N2O3. The Morgan fingerprint density at radius 3 is 2.52 bits per heavy atom. The van der Waals surface area contributed by atoms with Crippen molar-refractivity contribution in [3.8, 4) is 17.2 Å². The van der Waals surface area contributed by atoms with Crippen LogP contribution in [0.1, 0.15) is 11.1 Å². The minimum atomic E-state index is 0.599. The highest BCUT2D eigenvalue weighted by Gasteiger charge is 2.26. The Hall–Kier alpha value is -2.95. The number of methoxy groups -OCH3 is 2. The second kappa shape index (κ2) is 6.51. The molecule has 5 heteroatoms. The van der Waals surface area contributed by atoms with Gasteiger partial charge < -0.3 is 19.1 Å². The van der Waals surface area contributed by atoms with Gasteiger partial charge in [-0.15, -0.1) is 0 Å². The van der Waals surface area contributed by atoms with E-state index >= 15 is 0 Å². The highest BCUT2D eigenvalue weighted by Crippen LogP contribution is 2.38. The van der Waals surface area contributed by atoms with E-state index in [0.29, 0.717) is 12.6 Å².